The molecule has 2 aliphatic rings. The van der Waals surface area contributed by atoms with Gasteiger partial charge in [-0.2, -0.15) is 0 Å². The van der Waals surface area contributed by atoms with Crippen LogP contribution in [-0.2, 0) is 0 Å². The van der Waals surface area contributed by atoms with E-state index >= 15 is 0 Å². The molecule has 2 amide bonds. The Hall–Kier alpha value is -1.79. The standard InChI is InChI=1S/C17H26N4O2/c1-19-8-10-20(11-9-19)16-5-3-2-4-15(16)18-17(23)21(12-13-22)14-6-7-14/h2-5,14,22H,6-13H2,1H3,(H,18,23). The highest BCUT2D eigenvalue weighted by Gasteiger charge is 2.32. The number of benzene rings is 1. The molecular formula is C17H26N4O2. The number of anilines is 2. The minimum absolute atomic E-state index is 0.00399. The van der Waals surface area contributed by atoms with Crippen LogP contribution in [0.2, 0.25) is 0 Å². The van der Waals surface area contributed by atoms with Crippen molar-refractivity contribution in [1.29, 1.82) is 0 Å². The van der Waals surface area contributed by atoms with Gasteiger partial charge in [0.1, 0.15) is 0 Å². The quantitative estimate of drug-likeness (QED) is 0.862. The molecule has 0 aromatic heterocycles. The molecule has 1 saturated heterocycles. The number of carbonyl (C=O) groups excluding carboxylic acids is 1. The zero-order chi connectivity index (χ0) is 16.2. The highest BCUT2D eigenvalue weighted by atomic mass is 16.3. The van der Waals surface area contributed by atoms with E-state index in [1.165, 1.54) is 0 Å². The van der Waals surface area contributed by atoms with Gasteiger partial charge in [-0.05, 0) is 32.0 Å². The lowest BCUT2D eigenvalue weighted by Crippen LogP contribution is -2.45. The normalized spacial score (nSPS) is 18.8. The Morgan fingerprint density at radius 3 is 2.61 bits per heavy atom. The third kappa shape index (κ3) is 3.95. The van der Waals surface area contributed by atoms with E-state index in [1.807, 2.05) is 18.2 Å². The maximum absolute atomic E-state index is 12.5. The zero-order valence-electron chi connectivity index (χ0n) is 13.7. The van der Waals surface area contributed by atoms with Crippen LogP contribution in [0, 0.1) is 0 Å². The summed E-state index contributed by atoms with van der Waals surface area (Å²) in [7, 11) is 2.13. The first-order chi connectivity index (χ1) is 11.2. The van der Waals surface area contributed by atoms with Crippen LogP contribution in [0.3, 0.4) is 0 Å². The molecule has 0 bridgehead atoms. The molecule has 0 spiro atoms. The van der Waals surface area contributed by atoms with E-state index in [2.05, 4.69) is 28.2 Å². The third-order valence-corrected chi connectivity index (χ3v) is 4.58. The number of likely N-dealkylation sites (N-methyl/N-ethyl adjacent to an activating group) is 1. The van der Waals surface area contributed by atoms with Gasteiger partial charge < -0.3 is 25.1 Å². The molecule has 1 aliphatic heterocycles. The van der Waals surface area contributed by atoms with Crippen molar-refractivity contribution in [1.82, 2.24) is 9.80 Å². The first-order valence-electron chi connectivity index (χ1n) is 8.40. The summed E-state index contributed by atoms with van der Waals surface area (Å²) >= 11 is 0. The molecule has 0 radical (unpaired) electrons. The second-order valence-electron chi connectivity index (χ2n) is 6.39. The molecule has 2 N–H and O–H groups in total. The second-order valence-corrected chi connectivity index (χ2v) is 6.39. The summed E-state index contributed by atoms with van der Waals surface area (Å²) in [5.74, 6) is 0. The zero-order valence-corrected chi connectivity index (χ0v) is 13.7. The van der Waals surface area contributed by atoms with E-state index in [-0.39, 0.29) is 18.7 Å². The third-order valence-electron chi connectivity index (χ3n) is 4.58. The molecule has 1 saturated carbocycles. The van der Waals surface area contributed by atoms with Crippen LogP contribution in [0.15, 0.2) is 24.3 Å². The van der Waals surface area contributed by atoms with Gasteiger partial charge in [-0.15, -0.1) is 0 Å². The molecule has 0 atom stereocenters. The van der Waals surface area contributed by atoms with Gasteiger partial charge in [0, 0.05) is 38.8 Å². The molecule has 6 heteroatoms. The smallest absolute Gasteiger partial charge is 0.322 e. The molecule has 0 unspecified atom stereocenters. The summed E-state index contributed by atoms with van der Waals surface area (Å²) in [6, 6.07) is 8.16. The summed E-state index contributed by atoms with van der Waals surface area (Å²) < 4.78 is 0. The second kappa shape index (κ2) is 7.19. The highest BCUT2D eigenvalue weighted by Crippen LogP contribution is 2.30. The SMILES string of the molecule is CN1CCN(c2ccccc2NC(=O)N(CCO)C2CC2)CC1. The molecule has 6 nitrogen and oxygen atoms in total. The van der Waals surface area contributed by atoms with Crippen LogP contribution in [0.4, 0.5) is 16.2 Å². The summed E-state index contributed by atoms with van der Waals surface area (Å²) in [5.41, 5.74) is 1.93. The average Bonchev–Trinajstić information content (AvgIpc) is 3.39. The predicted molar refractivity (Wildman–Crippen MR) is 92.0 cm³/mol. The fourth-order valence-electron chi connectivity index (χ4n) is 3.03. The Bertz CT molecular complexity index is 539. The number of amides is 2. The van der Waals surface area contributed by atoms with E-state index in [4.69, 9.17) is 0 Å². The van der Waals surface area contributed by atoms with E-state index in [1.54, 1.807) is 4.90 Å². The van der Waals surface area contributed by atoms with Crippen molar-refractivity contribution >= 4 is 17.4 Å². The van der Waals surface area contributed by atoms with E-state index in [0.29, 0.717) is 6.54 Å². The number of hydrogen-bond acceptors (Lipinski definition) is 4. The Morgan fingerprint density at radius 1 is 1.26 bits per heavy atom. The maximum atomic E-state index is 12.5. The summed E-state index contributed by atoms with van der Waals surface area (Å²) in [4.78, 5) is 18.9. The van der Waals surface area contributed by atoms with E-state index in [9.17, 15) is 9.90 Å². The first kappa shape index (κ1) is 16.1. The first-order valence-corrected chi connectivity index (χ1v) is 8.40. The monoisotopic (exact) mass is 318 g/mol. The Morgan fingerprint density at radius 2 is 1.96 bits per heavy atom. The van der Waals surface area contributed by atoms with Gasteiger partial charge in [0.15, 0.2) is 0 Å². The molecule has 126 valence electrons. The summed E-state index contributed by atoms with van der Waals surface area (Å²) in [6.07, 6.45) is 2.07. The average molecular weight is 318 g/mol. The van der Waals surface area contributed by atoms with Crippen LogP contribution in [0.1, 0.15) is 12.8 Å². The van der Waals surface area contributed by atoms with Gasteiger partial charge >= 0.3 is 6.03 Å². The van der Waals surface area contributed by atoms with Crippen molar-refractivity contribution in [2.45, 2.75) is 18.9 Å². The van der Waals surface area contributed by atoms with Crippen LogP contribution in [0.5, 0.6) is 0 Å². The lowest BCUT2D eigenvalue weighted by molar-refractivity contribution is 0.185. The molecule has 1 aliphatic carbocycles. The molecular weight excluding hydrogens is 292 g/mol. The van der Waals surface area contributed by atoms with Crippen molar-refractivity contribution in [2.75, 3.05) is 56.6 Å². The number of aliphatic hydroxyl groups excluding tert-OH is 1. The van der Waals surface area contributed by atoms with Gasteiger partial charge in [0.05, 0.1) is 18.0 Å². The Labute approximate surface area is 137 Å². The summed E-state index contributed by atoms with van der Waals surface area (Å²) in [6.45, 7) is 4.39. The van der Waals surface area contributed by atoms with Crippen molar-refractivity contribution in [3.05, 3.63) is 24.3 Å². The van der Waals surface area contributed by atoms with Crippen LogP contribution in [-0.4, -0.2) is 73.4 Å². The van der Waals surface area contributed by atoms with Crippen molar-refractivity contribution < 1.29 is 9.90 Å². The lowest BCUT2D eigenvalue weighted by Gasteiger charge is -2.35. The van der Waals surface area contributed by atoms with E-state index in [0.717, 1.165) is 50.4 Å². The number of nitrogens with zero attached hydrogens (tertiary/aromatic N) is 3. The van der Waals surface area contributed by atoms with Crippen LogP contribution in [0.25, 0.3) is 0 Å². The molecule has 23 heavy (non-hydrogen) atoms. The number of hydrogen-bond donors (Lipinski definition) is 2. The van der Waals surface area contributed by atoms with Gasteiger partial charge in [0.2, 0.25) is 0 Å². The van der Waals surface area contributed by atoms with Gasteiger partial charge in [-0.25, -0.2) is 4.79 Å². The van der Waals surface area contributed by atoms with Gasteiger partial charge in [-0.1, -0.05) is 12.1 Å². The molecule has 1 heterocycles. The molecule has 2 fully saturated rings. The van der Waals surface area contributed by atoms with E-state index < -0.39 is 0 Å². The fourth-order valence-corrected chi connectivity index (χ4v) is 3.03. The van der Waals surface area contributed by atoms with Crippen molar-refractivity contribution in [3.63, 3.8) is 0 Å². The number of para-hydroxylation sites is 2. The number of urea groups is 1. The number of rotatable bonds is 5. The minimum atomic E-state index is -0.108. The molecule has 3 rings (SSSR count). The van der Waals surface area contributed by atoms with Crippen LogP contribution >= 0.6 is 0 Å². The van der Waals surface area contributed by atoms with Crippen molar-refractivity contribution in [3.8, 4) is 0 Å². The predicted octanol–water partition coefficient (Wildman–Crippen LogP) is 1.43. The van der Waals surface area contributed by atoms with Crippen LogP contribution < -0.4 is 10.2 Å². The number of piperazine rings is 1. The molecule has 1 aromatic carbocycles. The maximum Gasteiger partial charge on any atom is 0.322 e. The highest BCUT2D eigenvalue weighted by molar-refractivity contribution is 5.93. The summed E-state index contributed by atoms with van der Waals surface area (Å²) in [5, 5.41) is 12.2. The Balaban J connectivity index is 1.71. The number of nitrogens with one attached hydrogen (secondary N) is 1. The number of carbonyl (C=O) groups is 1. The Kier molecular flexibility index (Phi) is 5.03. The fraction of sp³-hybridized carbons (Fsp3) is 0.588. The number of aliphatic hydroxyl groups is 1. The minimum Gasteiger partial charge on any atom is -0.395 e. The topological polar surface area (TPSA) is 59.0 Å². The molecule has 1 aromatic rings. The van der Waals surface area contributed by atoms with Crippen molar-refractivity contribution in [2.24, 2.45) is 0 Å². The van der Waals surface area contributed by atoms with Gasteiger partial charge in [-0.3, -0.25) is 0 Å². The largest absolute Gasteiger partial charge is 0.395 e. The lowest BCUT2D eigenvalue weighted by atomic mass is 10.2. The van der Waals surface area contributed by atoms with Gasteiger partial charge in [0.25, 0.3) is 0 Å².